The van der Waals surface area contributed by atoms with Gasteiger partial charge in [-0.25, -0.2) is 13.2 Å². The van der Waals surface area contributed by atoms with Gasteiger partial charge in [-0.15, -0.1) is 0 Å². The van der Waals surface area contributed by atoms with Gasteiger partial charge < -0.3 is 10.2 Å². The van der Waals surface area contributed by atoms with E-state index in [0.717, 1.165) is 29.7 Å². The number of carbonyl (C=O) groups excluding carboxylic acids is 2. The molecule has 1 aliphatic heterocycles. The number of nitrogens with one attached hydrogen (secondary N) is 3. The molecule has 0 aliphatic carbocycles. The van der Waals surface area contributed by atoms with E-state index in [1.165, 1.54) is 4.31 Å². The molecule has 1 saturated heterocycles. The second-order valence-electron chi connectivity index (χ2n) is 7.56. The number of imide groups is 1. The molecule has 1 aromatic carbocycles. The maximum Gasteiger partial charge on any atom is 0.321 e. The second-order valence-corrected chi connectivity index (χ2v) is 9.49. The van der Waals surface area contributed by atoms with E-state index in [4.69, 9.17) is 0 Å². The Morgan fingerprint density at radius 3 is 2.31 bits per heavy atom. The van der Waals surface area contributed by atoms with Gasteiger partial charge in [0, 0.05) is 6.04 Å². The van der Waals surface area contributed by atoms with Crippen LogP contribution in [0.25, 0.3) is 0 Å². The lowest BCUT2D eigenvalue weighted by atomic mass is 10.1. The van der Waals surface area contributed by atoms with Crippen LogP contribution in [0.15, 0.2) is 29.2 Å². The minimum Gasteiger partial charge on any atom is -0.335 e. The zero-order valence-electron chi connectivity index (χ0n) is 17.5. The maximum absolute atomic E-state index is 12.8. The van der Waals surface area contributed by atoms with Gasteiger partial charge in [-0.3, -0.25) is 10.1 Å². The van der Waals surface area contributed by atoms with Crippen molar-refractivity contribution < 1.29 is 22.9 Å². The number of benzene rings is 1. The predicted molar refractivity (Wildman–Crippen MR) is 111 cm³/mol. The molecule has 1 aromatic rings. The zero-order valence-corrected chi connectivity index (χ0v) is 18.3. The van der Waals surface area contributed by atoms with Crippen LogP contribution in [0.1, 0.15) is 39.2 Å². The van der Waals surface area contributed by atoms with Gasteiger partial charge in [0.25, 0.3) is 5.91 Å². The highest BCUT2D eigenvalue weighted by Crippen LogP contribution is 2.17. The van der Waals surface area contributed by atoms with Crippen LogP contribution in [0.3, 0.4) is 0 Å². The molecule has 1 atom stereocenters. The number of carbonyl (C=O) groups is 2. The van der Waals surface area contributed by atoms with Gasteiger partial charge in [0.2, 0.25) is 10.0 Å². The van der Waals surface area contributed by atoms with Crippen LogP contribution in [0.2, 0.25) is 0 Å². The van der Waals surface area contributed by atoms with Crippen molar-refractivity contribution in [3.8, 4) is 0 Å². The van der Waals surface area contributed by atoms with E-state index in [-0.39, 0.29) is 18.5 Å². The molecule has 29 heavy (non-hydrogen) atoms. The topological polar surface area (TPSA) is 100 Å². The molecule has 0 aromatic heterocycles. The molecule has 1 fully saturated rings. The van der Waals surface area contributed by atoms with Crippen LogP contribution >= 0.6 is 0 Å². The quantitative estimate of drug-likeness (QED) is 0.552. The molecule has 0 saturated carbocycles. The van der Waals surface area contributed by atoms with Crippen molar-refractivity contribution in [1.29, 1.82) is 0 Å². The Bertz CT molecular complexity index is 787. The van der Waals surface area contributed by atoms with Crippen molar-refractivity contribution >= 4 is 22.0 Å². The monoisotopic (exact) mass is 425 g/mol. The first kappa shape index (κ1) is 23.3. The Morgan fingerprint density at radius 1 is 1.14 bits per heavy atom. The van der Waals surface area contributed by atoms with Gasteiger partial charge in [-0.05, 0) is 37.5 Å². The summed E-state index contributed by atoms with van der Waals surface area (Å²) in [6, 6.07) is 6.59. The molecule has 162 valence electrons. The standard InChI is InChI=1S/C20H32N4O4S/c1-4-6-17-7-9-18(10-8-17)29(27,28)24-13-11-23(12-14-24)15-19(25)22-20(26)21-16(3)5-2/h7-10,16H,4-6,11-15H2,1-3H3,(H2,21,22,25,26)/p+1/t16-/m0/s1. The minimum atomic E-state index is -3.53. The minimum absolute atomic E-state index is 0.0000585. The summed E-state index contributed by atoms with van der Waals surface area (Å²) in [5.41, 5.74) is 1.13. The maximum atomic E-state index is 12.8. The third-order valence-corrected chi connectivity index (χ3v) is 7.10. The molecule has 0 spiro atoms. The number of piperazine rings is 1. The van der Waals surface area contributed by atoms with Crippen molar-refractivity contribution in [1.82, 2.24) is 14.9 Å². The van der Waals surface area contributed by atoms with E-state index in [0.29, 0.717) is 31.1 Å². The summed E-state index contributed by atoms with van der Waals surface area (Å²) < 4.78 is 27.2. The fraction of sp³-hybridized carbons (Fsp3) is 0.600. The summed E-state index contributed by atoms with van der Waals surface area (Å²) in [5.74, 6) is -0.358. The first-order valence-electron chi connectivity index (χ1n) is 10.3. The van der Waals surface area contributed by atoms with Gasteiger partial charge in [-0.2, -0.15) is 4.31 Å². The molecule has 1 aliphatic rings. The number of hydrogen-bond acceptors (Lipinski definition) is 4. The van der Waals surface area contributed by atoms with Gasteiger partial charge in [0.05, 0.1) is 31.1 Å². The average Bonchev–Trinajstić information content (AvgIpc) is 2.68. The van der Waals surface area contributed by atoms with Crippen molar-refractivity contribution in [3.63, 3.8) is 0 Å². The average molecular weight is 426 g/mol. The lowest BCUT2D eigenvalue weighted by Crippen LogP contribution is -3.15. The van der Waals surface area contributed by atoms with E-state index in [1.807, 2.05) is 26.0 Å². The van der Waals surface area contributed by atoms with Crippen LogP contribution < -0.4 is 15.5 Å². The second kappa shape index (κ2) is 10.7. The van der Waals surface area contributed by atoms with Gasteiger partial charge in [0.1, 0.15) is 0 Å². The first-order valence-corrected chi connectivity index (χ1v) is 11.7. The molecular weight excluding hydrogens is 392 g/mol. The Morgan fingerprint density at radius 2 is 1.76 bits per heavy atom. The van der Waals surface area contributed by atoms with Gasteiger partial charge in [-0.1, -0.05) is 32.4 Å². The molecule has 2 rings (SSSR count). The molecule has 3 N–H and O–H groups in total. The van der Waals surface area contributed by atoms with Crippen LogP contribution in [0.4, 0.5) is 4.79 Å². The molecule has 8 nitrogen and oxygen atoms in total. The van der Waals surface area contributed by atoms with Gasteiger partial charge >= 0.3 is 6.03 Å². The number of urea groups is 1. The number of aryl methyl sites for hydroxylation is 1. The molecule has 0 bridgehead atoms. The van der Waals surface area contributed by atoms with Crippen molar-refractivity contribution in [2.24, 2.45) is 0 Å². The molecule has 9 heteroatoms. The number of amides is 3. The zero-order chi connectivity index (χ0) is 21.4. The summed E-state index contributed by atoms with van der Waals surface area (Å²) in [5, 5.41) is 5.02. The Labute approximate surface area is 173 Å². The number of quaternary nitrogens is 1. The fourth-order valence-corrected chi connectivity index (χ4v) is 4.69. The SMILES string of the molecule is CCCc1ccc(S(=O)(=O)N2CC[NH+](CC(=O)NC(=O)N[C@@H](C)CC)CC2)cc1. The van der Waals surface area contributed by atoms with Crippen LogP contribution in [0, 0.1) is 0 Å². The molecule has 0 radical (unpaired) electrons. The van der Waals surface area contributed by atoms with E-state index < -0.39 is 16.1 Å². The summed E-state index contributed by atoms with van der Waals surface area (Å²) in [4.78, 5) is 25.0. The number of sulfonamides is 1. The van der Waals surface area contributed by atoms with Crippen molar-refractivity contribution in [3.05, 3.63) is 29.8 Å². The predicted octanol–water partition coefficient (Wildman–Crippen LogP) is 0.153. The lowest BCUT2D eigenvalue weighted by Gasteiger charge is -2.31. The van der Waals surface area contributed by atoms with E-state index in [9.17, 15) is 18.0 Å². The van der Waals surface area contributed by atoms with Crippen molar-refractivity contribution in [2.45, 2.75) is 51.0 Å². The Hall–Kier alpha value is -1.97. The van der Waals surface area contributed by atoms with E-state index in [1.54, 1.807) is 12.1 Å². The summed E-state index contributed by atoms with van der Waals surface area (Å²) >= 11 is 0. The van der Waals surface area contributed by atoms with E-state index in [2.05, 4.69) is 17.6 Å². The fourth-order valence-electron chi connectivity index (χ4n) is 3.25. The highest BCUT2D eigenvalue weighted by molar-refractivity contribution is 7.89. The summed E-state index contributed by atoms with van der Waals surface area (Å²) in [6.07, 6.45) is 2.73. The van der Waals surface area contributed by atoms with Gasteiger partial charge in [0.15, 0.2) is 6.54 Å². The van der Waals surface area contributed by atoms with Crippen LogP contribution in [-0.2, 0) is 21.2 Å². The normalized spacial score (nSPS) is 16.9. The molecule has 1 heterocycles. The number of rotatable bonds is 8. The lowest BCUT2D eigenvalue weighted by molar-refractivity contribution is -0.895. The third kappa shape index (κ3) is 6.80. The Kier molecular flexibility index (Phi) is 8.60. The highest BCUT2D eigenvalue weighted by Gasteiger charge is 2.31. The van der Waals surface area contributed by atoms with E-state index >= 15 is 0 Å². The smallest absolute Gasteiger partial charge is 0.321 e. The summed E-state index contributed by atoms with van der Waals surface area (Å²) in [7, 11) is -3.53. The van der Waals surface area contributed by atoms with Crippen LogP contribution in [-0.4, -0.2) is 63.4 Å². The molecule has 0 unspecified atom stereocenters. The summed E-state index contributed by atoms with van der Waals surface area (Å²) in [6.45, 7) is 7.79. The number of hydrogen-bond donors (Lipinski definition) is 3. The molecule has 3 amide bonds. The Balaban J connectivity index is 1.84. The molecular formula is C20H33N4O4S+. The largest absolute Gasteiger partial charge is 0.335 e. The van der Waals surface area contributed by atoms with Crippen LogP contribution in [0.5, 0.6) is 0 Å². The van der Waals surface area contributed by atoms with Crippen molar-refractivity contribution in [2.75, 3.05) is 32.7 Å². The highest BCUT2D eigenvalue weighted by atomic mass is 32.2. The first-order chi connectivity index (χ1) is 13.8. The number of nitrogens with zero attached hydrogens (tertiary/aromatic N) is 1. The third-order valence-electron chi connectivity index (χ3n) is 5.18.